The van der Waals surface area contributed by atoms with E-state index in [0.717, 1.165) is 12.1 Å². The van der Waals surface area contributed by atoms with Crippen molar-refractivity contribution in [3.63, 3.8) is 0 Å². The van der Waals surface area contributed by atoms with Crippen LogP contribution in [0.5, 0.6) is 5.75 Å². The number of amides is 1. The summed E-state index contributed by atoms with van der Waals surface area (Å²) in [6.45, 7) is 3.33. The van der Waals surface area contributed by atoms with Crippen molar-refractivity contribution in [1.82, 2.24) is 0 Å². The Morgan fingerprint density at radius 3 is 2.68 bits per heavy atom. The monoisotopic (exact) mass is 589 g/mol. The maximum Gasteiger partial charge on any atom is 0.416 e. The Kier molecular flexibility index (Phi) is 7.30. The average Bonchev–Trinajstić information content (AvgIpc) is 2.81. The molecule has 0 spiro atoms. The molecule has 1 aliphatic heterocycles. The molecule has 198 valence electrons. The number of nitrogens with zero attached hydrogens (tertiary/aromatic N) is 1. The van der Waals surface area contributed by atoms with E-state index in [4.69, 9.17) is 15.2 Å². The summed E-state index contributed by atoms with van der Waals surface area (Å²) in [6, 6.07) is 11.2. The second-order valence-electron chi connectivity index (χ2n) is 9.80. The molecule has 1 atom stereocenters. The molecule has 1 aliphatic carbocycles. The number of nitrogens with one attached hydrogen (secondary N) is 1. The molecule has 11 heteroatoms. The number of rotatable bonds is 5. The number of anilines is 1. The van der Waals surface area contributed by atoms with E-state index in [9.17, 15) is 28.0 Å². The molecule has 0 fully saturated rings. The van der Waals surface area contributed by atoms with Gasteiger partial charge in [-0.05, 0) is 41.8 Å². The summed E-state index contributed by atoms with van der Waals surface area (Å²) in [6.07, 6.45) is -3.87. The van der Waals surface area contributed by atoms with E-state index in [1.54, 1.807) is 18.2 Å². The third-order valence-corrected chi connectivity index (χ3v) is 6.68. The number of hydrogen-bond donors (Lipinski definition) is 2. The molecule has 0 saturated carbocycles. The van der Waals surface area contributed by atoms with E-state index in [0.29, 0.717) is 27.8 Å². The smallest absolute Gasteiger partial charge is 0.416 e. The van der Waals surface area contributed by atoms with E-state index in [2.05, 4.69) is 21.2 Å². The molecule has 0 bridgehead atoms. The molecule has 2 aromatic carbocycles. The van der Waals surface area contributed by atoms with Gasteiger partial charge in [-0.3, -0.25) is 9.59 Å². The number of hydrogen-bond acceptors (Lipinski definition) is 6. The Hall–Kier alpha value is -3.78. The molecular weight excluding hydrogens is 567 g/mol. The highest BCUT2D eigenvalue weighted by Crippen LogP contribution is 2.49. The summed E-state index contributed by atoms with van der Waals surface area (Å²) in [5.41, 5.74) is 5.55. The lowest BCUT2D eigenvalue weighted by Gasteiger charge is -2.37. The van der Waals surface area contributed by atoms with Crippen molar-refractivity contribution in [2.45, 2.75) is 38.8 Å². The van der Waals surface area contributed by atoms with Crippen LogP contribution in [0.25, 0.3) is 0 Å². The second kappa shape index (κ2) is 10.2. The fourth-order valence-electron chi connectivity index (χ4n) is 4.59. The van der Waals surface area contributed by atoms with Crippen LogP contribution in [-0.4, -0.2) is 18.3 Å². The fraction of sp³-hybridized carbons (Fsp3) is 0.296. The van der Waals surface area contributed by atoms with Crippen LogP contribution in [0.2, 0.25) is 0 Å². The van der Waals surface area contributed by atoms with Gasteiger partial charge in [-0.2, -0.15) is 18.4 Å². The first kappa shape index (κ1) is 27.3. The van der Waals surface area contributed by atoms with Crippen LogP contribution >= 0.6 is 15.9 Å². The van der Waals surface area contributed by atoms with Gasteiger partial charge in [0.05, 0.1) is 11.5 Å². The molecule has 1 heterocycles. The molecule has 4 rings (SSSR count). The molecule has 2 aromatic rings. The van der Waals surface area contributed by atoms with Gasteiger partial charge in [0.2, 0.25) is 5.88 Å². The molecule has 1 unspecified atom stereocenters. The number of ether oxygens (including phenoxy) is 2. The highest BCUT2D eigenvalue weighted by atomic mass is 79.9. The van der Waals surface area contributed by atoms with Gasteiger partial charge in [0.1, 0.15) is 23.2 Å². The lowest BCUT2D eigenvalue weighted by molar-refractivity contribution is -0.137. The lowest BCUT2D eigenvalue weighted by Crippen LogP contribution is -2.33. The number of allylic oxidation sites excluding steroid dienone is 3. The average molecular weight is 590 g/mol. The summed E-state index contributed by atoms with van der Waals surface area (Å²) in [4.78, 5) is 25.8. The lowest BCUT2D eigenvalue weighted by atomic mass is 9.70. The van der Waals surface area contributed by atoms with Crippen molar-refractivity contribution in [1.29, 1.82) is 5.26 Å². The normalized spacial score (nSPS) is 18.9. The minimum atomic E-state index is -4.56. The maximum atomic E-state index is 13.3. The van der Waals surface area contributed by atoms with Crippen LogP contribution in [0.1, 0.15) is 43.7 Å². The van der Waals surface area contributed by atoms with Crippen molar-refractivity contribution in [2.24, 2.45) is 11.1 Å². The number of carbonyl (C=O) groups excluding carboxylic acids is 2. The first-order valence-electron chi connectivity index (χ1n) is 11.5. The standard InChI is InChI=1S/C27H23BrF3N3O4/c1-26(2)10-19(35)24-21(11-26)38-25(33)18(12-32)23(24)17-9-15(28)6-7-20(17)37-13-22(36)34-16-5-3-4-14(8-16)27(29,30)31/h3-9,23H,10-11,13,33H2,1-2H3,(H,34,36). The first-order valence-corrected chi connectivity index (χ1v) is 12.3. The van der Waals surface area contributed by atoms with E-state index in [1.165, 1.54) is 12.1 Å². The minimum Gasteiger partial charge on any atom is -0.483 e. The number of carbonyl (C=O) groups is 2. The molecule has 1 amide bonds. The van der Waals surface area contributed by atoms with Crippen LogP contribution in [0.15, 0.2) is 69.7 Å². The number of alkyl halides is 3. The highest BCUT2D eigenvalue weighted by Gasteiger charge is 2.44. The Balaban J connectivity index is 1.64. The predicted octanol–water partition coefficient (Wildman–Crippen LogP) is 5.94. The summed E-state index contributed by atoms with van der Waals surface area (Å²) in [7, 11) is 0. The van der Waals surface area contributed by atoms with E-state index >= 15 is 0 Å². The number of halogens is 4. The molecule has 3 N–H and O–H groups in total. The van der Waals surface area contributed by atoms with Crippen LogP contribution in [0.4, 0.5) is 18.9 Å². The number of ketones is 1. The van der Waals surface area contributed by atoms with E-state index in [1.807, 2.05) is 19.9 Å². The van der Waals surface area contributed by atoms with Gasteiger partial charge in [0.25, 0.3) is 5.91 Å². The molecular formula is C27H23BrF3N3O4. The van der Waals surface area contributed by atoms with Crippen LogP contribution in [-0.2, 0) is 20.5 Å². The van der Waals surface area contributed by atoms with Crippen molar-refractivity contribution >= 4 is 33.3 Å². The summed E-state index contributed by atoms with van der Waals surface area (Å²) < 4.78 is 51.1. The number of nitrogens with two attached hydrogens (primary N) is 1. The van der Waals surface area contributed by atoms with Gasteiger partial charge in [-0.25, -0.2) is 0 Å². The quantitative estimate of drug-likeness (QED) is 0.446. The molecule has 7 nitrogen and oxygen atoms in total. The zero-order valence-electron chi connectivity index (χ0n) is 20.4. The Morgan fingerprint density at radius 1 is 1.26 bits per heavy atom. The van der Waals surface area contributed by atoms with Gasteiger partial charge in [-0.15, -0.1) is 0 Å². The molecule has 2 aliphatic rings. The minimum absolute atomic E-state index is 0.0353. The maximum absolute atomic E-state index is 13.3. The van der Waals surface area contributed by atoms with Gasteiger partial charge in [-0.1, -0.05) is 35.8 Å². The molecule has 0 aromatic heterocycles. The summed E-state index contributed by atoms with van der Waals surface area (Å²) >= 11 is 3.40. The van der Waals surface area contributed by atoms with Crippen LogP contribution < -0.4 is 15.8 Å². The SMILES string of the molecule is CC1(C)CC(=O)C2=C(C1)OC(N)=C(C#N)C2c1cc(Br)ccc1OCC(=O)Nc1cccc(C(F)(F)F)c1. The Morgan fingerprint density at radius 2 is 2.00 bits per heavy atom. The molecule has 0 saturated heterocycles. The highest BCUT2D eigenvalue weighted by molar-refractivity contribution is 9.10. The fourth-order valence-corrected chi connectivity index (χ4v) is 4.96. The van der Waals surface area contributed by atoms with E-state index < -0.39 is 30.2 Å². The van der Waals surface area contributed by atoms with Gasteiger partial charge in [0, 0.05) is 34.1 Å². The van der Waals surface area contributed by atoms with Crippen molar-refractivity contribution in [3.8, 4) is 11.8 Å². The molecule has 38 heavy (non-hydrogen) atoms. The zero-order chi connectivity index (χ0) is 27.8. The number of benzene rings is 2. The van der Waals surface area contributed by atoms with Crippen LogP contribution in [0, 0.1) is 16.7 Å². The summed E-state index contributed by atoms with van der Waals surface area (Å²) in [5, 5.41) is 12.3. The first-order chi connectivity index (χ1) is 17.8. The predicted molar refractivity (Wildman–Crippen MR) is 135 cm³/mol. The Labute approximate surface area is 225 Å². The number of nitriles is 1. The molecule has 0 radical (unpaired) electrons. The number of Topliss-reactive ketones (excluding diaryl/α,β-unsaturated/α-hetero) is 1. The van der Waals surface area contributed by atoms with Crippen LogP contribution in [0.3, 0.4) is 0 Å². The topological polar surface area (TPSA) is 114 Å². The van der Waals surface area contributed by atoms with Crippen molar-refractivity contribution < 1.29 is 32.2 Å². The van der Waals surface area contributed by atoms with Gasteiger partial charge < -0.3 is 20.5 Å². The van der Waals surface area contributed by atoms with E-state index in [-0.39, 0.29) is 40.5 Å². The largest absolute Gasteiger partial charge is 0.483 e. The van der Waals surface area contributed by atoms with Gasteiger partial charge in [0.15, 0.2) is 12.4 Å². The second-order valence-corrected chi connectivity index (χ2v) is 10.7. The zero-order valence-corrected chi connectivity index (χ0v) is 22.0. The third kappa shape index (κ3) is 5.70. The van der Waals surface area contributed by atoms with Crippen molar-refractivity contribution in [3.05, 3.63) is 80.9 Å². The van der Waals surface area contributed by atoms with Crippen molar-refractivity contribution in [2.75, 3.05) is 11.9 Å². The van der Waals surface area contributed by atoms with Gasteiger partial charge >= 0.3 is 6.18 Å². The Bertz CT molecular complexity index is 1420. The third-order valence-electron chi connectivity index (χ3n) is 6.19. The summed E-state index contributed by atoms with van der Waals surface area (Å²) in [5.74, 6) is -1.29.